The molecule has 0 aromatic heterocycles. The van der Waals surface area contributed by atoms with Crippen LogP contribution in [0.2, 0.25) is 0 Å². The molecule has 0 N–H and O–H groups in total. The second kappa shape index (κ2) is 24.1. The van der Waals surface area contributed by atoms with Crippen molar-refractivity contribution in [2.24, 2.45) is 5.41 Å². The van der Waals surface area contributed by atoms with Crippen molar-refractivity contribution in [3.8, 4) is 0 Å². The van der Waals surface area contributed by atoms with Gasteiger partial charge in [-0.3, -0.25) is 14.4 Å². The van der Waals surface area contributed by atoms with Crippen LogP contribution in [0.4, 0.5) is 0 Å². The van der Waals surface area contributed by atoms with Gasteiger partial charge in [0.05, 0.1) is 37.1 Å². The van der Waals surface area contributed by atoms with Gasteiger partial charge >= 0.3 is 17.9 Å². The zero-order chi connectivity index (χ0) is 40.3. The molecule has 52 heavy (non-hydrogen) atoms. The Bertz CT molecular complexity index is 989. The Morgan fingerprint density at radius 3 is 1.12 bits per heavy atom. The fourth-order valence-electron chi connectivity index (χ4n) is 6.39. The summed E-state index contributed by atoms with van der Waals surface area (Å²) in [6.45, 7) is 25.4. The monoisotopic (exact) mass is 796 g/mol. The molecule has 0 aliphatic carbocycles. The normalized spacial score (nSPS) is 13.9. The van der Waals surface area contributed by atoms with Gasteiger partial charge < -0.3 is 28.4 Å². The van der Waals surface area contributed by atoms with Crippen LogP contribution in [0.5, 0.6) is 0 Å². The third kappa shape index (κ3) is 23.3. The molecule has 1 atom stereocenters. The number of hydrogen-bond acceptors (Lipinski definition) is 12. The van der Waals surface area contributed by atoms with E-state index in [9.17, 15) is 14.4 Å². The van der Waals surface area contributed by atoms with E-state index in [-0.39, 0.29) is 29.4 Å². The number of hydrogen-bond donors (Lipinski definition) is 3. The van der Waals surface area contributed by atoms with Crippen molar-refractivity contribution in [2.75, 3.05) is 37.1 Å². The average molecular weight is 797 g/mol. The van der Waals surface area contributed by atoms with Gasteiger partial charge in [-0.2, -0.15) is 37.9 Å². The second-order valence-corrected chi connectivity index (χ2v) is 18.6. The van der Waals surface area contributed by atoms with Crippen molar-refractivity contribution in [3.05, 3.63) is 0 Å². The number of carbonyl (C=O) groups excluding carboxylic acids is 3. The van der Waals surface area contributed by atoms with Crippen molar-refractivity contribution < 1.29 is 42.8 Å². The maximum atomic E-state index is 12.3. The van der Waals surface area contributed by atoms with Crippen LogP contribution in [0, 0.1) is 5.41 Å². The van der Waals surface area contributed by atoms with E-state index in [1.54, 1.807) is 0 Å². The zero-order valence-corrected chi connectivity index (χ0v) is 37.5. The van der Waals surface area contributed by atoms with Crippen LogP contribution < -0.4 is 0 Å². The molecule has 9 nitrogen and oxygen atoms in total. The molecule has 308 valence electrons. The van der Waals surface area contributed by atoms with Gasteiger partial charge in [-0.15, -0.1) is 0 Å². The van der Waals surface area contributed by atoms with Crippen LogP contribution in [0.3, 0.4) is 0 Å². The van der Waals surface area contributed by atoms with Crippen LogP contribution in [-0.2, 0) is 42.8 Å². The van der Waals surface area contributed by atoms with Crippen molar-refractivity contribution >= 4 is 55.8 Å². The number of thiol groups is 3. The zero-order valence-electron chi connectivity index (χ0n) is 34.8. The van der Waals surface area contributed by atoms with E-state index in [1.807, 2.05) is 41.5 Å². The maximum absolute atomic E-state index is 12.3. The quantitative estimate of drug-likeness (QED) is 0.0373. The molecule has 0 aromatic rings. The second-order valence-electron chi connectivity index (χ2n) is 17.2. The van der Waals surface area contributed by atoms with Crippen LogP contribution in [0.1, 0.15) is 160 Å². The van der Waals surface area contributed by atoms with E-state index < -0.39 is 28.0 Å². The lowest BCUT2D eigenvalue weighted by Crippen LogP contribution is -2.47. The van der Waals surface area contributed by atoms with E-state index >= 15 is 0 Å². The summed E-state index contributed by atoms with van der Waals surface area (Å²) in [6, 6.07) is 0. The third-order valence-corrected chi connectivity index (χ3v) is 10.3. The van der Waals surface area contributed by atoms with Crippen molar-refractivity contribution in [1.29, 1.82) is 0 Å². The molecular formula is C40H76O9S3. The largest absolute Gasteiger partial charge is 0.460 e. The fourth-order valence-corrected chi connectivity index (χ4v) is 6.86. The van der Waals surface area contributed by atoms with Gasteiger partial charge in [-0.25, -0.2) is 0 Å². The Morgan fingerprint density at radius 1 is 0.519 bits per heavy atom. The number of rotatable bonds is 30. The minimum absolute atomic E-state index is 0.188. The Hall–Kier alpha value is -0.660. The minimum Gasteiger partial charge on any atom is -0.460 e. The molecule has 0 amide bonds. The summed E-state index contributed by atoms with van der Waals surface area (Å²) in [6.07, 6.45) is 6.73. The molecule has 0 heterocycles. The number of carbonyl (C=O) groups is 3. The van der Waals surface area contributed by atoms with E-state index in [2.05, 4.69) is 79.4 Å². The van der Waals surface area contributed by atoms with Gasteiger partial charge in [0.2, 0.25) is 0 Å². The van der Waals surface area contributed by atoms with Gasteiger partial charge in [-0.05, 0) is 132 Å². The maximum Gasteiger partial charge on any atom is 0.306 e. The van der Waals surface area contributed by atoms with Gasteiger partial charge in [0.15, 0.2) is 0 Å². The smallest absolute Gasteiger partial charge is 0.306 e. The summed E-state index contributed by atoms with van der Waals surface area (Å²) in [4.78, 5) is 36.9. The lowest BCUT2D eigenvalue weighted by molar-refractivity contribution is -0.166. The summed E-state index contributed by atoms with van der Waals surface area (Å²) < 4.78 is 37.0. The molecular weight excluding hydrogens is 721 g/mol. The Morgan fingerprint density at radius 2 is 0.827 bits per heavy atom. The van der Waals surface area contributed by atoms with Gasteiger partial charge in [-0.1, -0.05) is 6.92 Å². The first-order chi connectivity index (χ1) is 23.9. The van der Waals surface area contributed by atoms with E-state index in [1.165, 1.54) is 0 Å². The molecule has 0 aliphatic heterocycles. The van der Waals surface area contributed by atoms with Crippen molar-refractivity contribution in [2.45, 2.75) is 194 Å². The summed E-state index contributed by atoms with van der Waals surface area (Å²) in [5.74, 6) is 1.26. The predicted molar refractivity (Wildman–Crippen MR) is 221 cm³/mol. The molecule has 0 fully saturated rings. The van der Waals surface area contributed by atoms with Gasteiger partial charge in [0.25, 0.3) is 0 Å². The third-order valence-electron chi connectivity index (χ3n) is 9.38. The van der Waals surface area contributed by atoms with E-state index in [4.69, 9.17) is 28.4 Å². The van der Waals surface area contributed by atoms with Gasteiger partial charge in [0, 0.05) is 43.9 Å². The minimum atomic E-state index is -0.668. The van der Waals surface area contributed by atoms with Crippen LogP contribution in [0.25, 0.3) is 0 Å². The first-order valence-corrected chi connectivity index (χ1v) is 21.2. The molecule has 0 radical (unpaired) electrons. The van der Waals surface area contributed by atoms with Crippen LogP contribution in [0.15, 0.2) is 0 Å². The molecule has 0 spiro atoms. The molecule has 0 aromatic carbocycles. The highest BCUT2D eigenvalue weighted by Crippen LogP contribution is 2.46. The number of ether oxygens (including phenoxy) is 6. The molecule has 0 aliphatic rings. The Labute approximate surface area is 334 Å². The standard InChI is InChI=1S/C40H76O9S3/c1-13-40(31(2)44-23-20-35(3,4)47-32(41)17-14-26-50,29-38(9,10)45-24-21-36(5,6)48-33(42)18-15-27-51)30-39(11,12)46-25-22-37(7,8)49-34(43)19-16-28-52/h31,50-52H,13-30H2,1-12H3. The molecule has 1 unspecified atom stereocenters. The van der Waals surface area contributed by atoms with E-state index in [0.717, 1.165) is 6.42 Å². The highest BCUT2D eigenvalue weighted by atomic mass is 32.1. The average Bonchev–Trinajstić information content (AvgIpc) is 2.99. The van der Waals surface area contributed by atoms with E-state index in [0.29, 0.717) is 108 Å². The fraction of sp³-hybridized carbons (Fsp3) is 0.925. The Kier molecular flexibility index (Phi) is 23.8. The molecule has 12 heteroatoms. The summed E-state index contributed by atoms with van der Waals surface area (Å²) >= 11 is 12.6. The Balaban J connectivity index is 5.91. The molecule has 0 saturated carbocycles. The van der Waals surface area contributed by atoms with Crippen molar-refractivity contribution in [1.82, 2.24) is 0 Å². The summed E-state index contributed by atoms with van der Waals surface area (Å²) in [5.41, 5.74) is -3.42. The van der Waals surface area contributed by atoms with Crippen LogP contribution >= 0.6 is 37.9 Å². The lowest BCUT2D eigenvalue weighted by atomic mass is 9.66. The first kappa shape index (κ1) is 51.3. The van der Waals surface area contributed by atoms with Gasteiger partial charge in [0.1, 0.15) is 16.8 Å². The first-order valence-electron chi connectivity index (χ1n) is 19.3. The summed E-state index contributed by atoms with van der Waals surface area (Å²) in [7, 11) is 0. The molecule has 0 saturated heterocycles. The number of esters is 3. The van der Waals surface area contributed by atoms with Crippen LogP contribution in [-0.4, -0.2) is 89.1 Å². The predicted octanol–water partition coefficient (Wildman–Crippen LogP) is 9.42. The lowest BCUT2D eigenvalue weighted by Gasteiger charge is -2.47. The highest BCUT2D eigenvalue weighted by molar-refractivity contribution is 7.80. The molecule has 0 rings (SSSR count). The SMILES string of the molecule is CCC(CC(C)(C)OCCC(C)(C)OC(=O)CCCS)(CC(C)(C)OCCC(C)(C)OC(=O)CCCS)C(C)OCCC(C)(C)OC(=O)CCCS. The molecule has 0 bridgehead atoms. The van der Waals surface area contributed by atoms with Crippen molar-refractivity contribution in [3.63, 3.8) is 0 Å². The topological polar surface area (TPSA) is 107 Å². The highest BCUT2D eigenvalue weighted by Gasteiger charge is 2.45. The summed E-state index contributed by atoms with van der Waals surface area (Å²) in [5, 5.41) is 0.